The van der Waals surface area contributed by atoms with Crippen LogP contribution in [0, 0.1) is 0 Å². The second-order valence-corrected chi connectivity index (χ2v) is 28.5. The number of phosphoric acid groups is 1. The van der Waals surface area contributed by atoms with Crippen LogP contribution >= 0.6 is 7.82 Å². The molecule has 0 aliphatic carbocycles. The fourth-order valence-corrected chi connectivity index (χ4v) is 12.1. The molecule has 1 N–H and O–H groups in total. The van der Waals surface area contributed by atoms with Gasteiger partial charge in [0.05, 0.1) is 27.7 Å². The van der Waals surface area contributed by atoms with Crippen molar-refractivity contribution < 1.29 is 42.1 Å². The summed E-state index contributed by atoms with van der Waals surface area (Å²) in [4.78, 5) is 35.9. The minimum Gasteiger partial charge on any atom is -0.462 e. The van der Waals surface area contributed by atoms with Gasteiger partial charge >= 0.3 is 19.8 Å². The van der Waals surface area contributed by atoms with Crippen LogP contribution in [0.1, 0.15) is 386 Å². The molecule has 508 valence electrons. The molecule has 0 saturated carbocycles. The highest BCUT2D eigenvalue weighted by atomic mass is 31.2. The van der Waals surface area contributed by atoms with Crippen LogP contribution in [0.4, 0.5) is 0 Å². The maximum Gasteiger partial charge on any atom is 0.472 e. The monoisotopic (exact) mass is 1230 g/mol. The third-order valence-corrected chi connectivity index (χ3v) is 18.2. The number of unbranched alkanes of at least 4 members (excludes halogenated alkanes) is 51. The molecular formula is C76H147NO8P+. The summed E-state index contributed by atoms with van der Waals surface area (Å²) in [6.45, 7) is 4.48. The lowest BCUT2D eigenvalue weighted by molar-refractivity contribution is -0.870. The Morgan fingerprint density at radius 3 is 0.930 bits per heavy atom. The molecule has 0 fully saturated rings. The van der Waals surface area contributed by atoms with E-state index in [1.165, 1.54) is 295 Å². The van der Waals surface area contributed by atoms with Crippen LogP contribution in [-0.4, -0.2) is 74.9 Å². The first-order valence-corrected chi connectivity index (χ1v) is 39.2. The number of hydrogen-bond acceptors (Lipinski definition) is 7. The van der Waals surface area contributed by atoms with E-state index >= 15 is 0 Å². The molecule has 0 aliphatic rings. The van der Waals surface area contributed by atoms with E-state index < -0.39 is 26.5 Å². The average Bonchev–Trinajstić information content (AvgIpc) is 3.56. The predicted octanol–water partition coefficient (Wildman–Crippen LogP) is 24.6. The Kier molecular flexibility index (Phi) is 66.2. The quantitative estimate of drug-likeness (QED) is 0.0211. The van der Waals surface area contributed by atoms with Gasteiger partial charge in [0.1, 0.15) is 19.8 Å². The number of ether oxygens (including phenoxy) is 2. The third-order valence-electron chi connectivity index (χ3n) is 17.2. The molecule has 10 heteroatoms. The Morgan fingerprint density at radius 2 is 0.628 bits per heavy atom. The van der Waals surface area contributed by atoms with Gasteiger partial charge in [-0.25, -0.2) is 4.57 Å². The van der Waals surface area contributed by atoms with Gasteiger partial charge in [0, 0.05) is 12.8 Å². The Labute approximate surface area is 535 Å². The lowest BCUT2D eigenvalue weighted by atomic mass is 10.0. The molecule has 0 aromatic carbocycles. The minimum absolute atomic E-state index is 0.0316. The van der Waals surface area contributed by atoms with E-state index in [4.69, 9.17) is 18.5 Å². The number of carbonyl (C=O) groups excluding carboxylic acids is 2. The first-order chi connectivity index (χ1) is 42.0. The first-order valence-electron chi connectivity index (χ1n) is 37.7. The van der Waals surface area contributed by atoms with E-state index in [2.05, 4.69) is 50.3 Å². The molecule has 0 radical (unpaired) electrons. The number of carbonyl (C=O) groups is 2. The smallest absolute Gasteiger partial charge is 0.462 e. The van der Waals surface area contributed by atoms with Gasteiger partial charge in [0.25, 0.3) is 0 Å². The summed E-state index contributed by atoms with van der Waals surface area (Å²) in [7, 11) is 1.49. The highest BCUT2D eigenvalue weighted by Crippen LogP contribution is 2.43. The number of allylic oxidation sites excluding steroid dienone is 6. The van der Waals surface area contributed by atoms with Crippen molar-refractivity contribution in [1.82, 2.24) is 0 Å². The Morgan fingerprint density at radius 1 is 0.360 bits per heavy atom. The summed E-state index contributed by atoms with van der Waals surface area (Å²) >= 11 is 0. The van der Waals surface area contributed by atoms with Crippen LogP contribution in [0.5, 0.6) is 0 Å². The molecule has 0 heterocycles. The van der Waals surface area contributed by atoms with Crippen molar-refractivity contribution in [2.24, 2.45) is 0 Å². The average molecular weight is 1230 g/mol. The summed E-state index contributed by atoms with van der Waals surface area (Å²) in [6.07, 6.45) is 87.2. The number of nitrogens with zero attached hydrogens (tertiary/aromatic N) is 1. The number of likely N-dealkylation sites (N-methyl/N-ethyl adjacent to an activating group) is 1. The van der Waals surface area contributed by atoms with Crippen LogP contribution in [0.2, 0.25) is 0 Å². The van der Waals surface area contributed by atoms with Gasteiger partial charge in [-0.3, -0.25) is 18.6 Å². The van der Waals surface area contributed by atoms with Gasteiger partial charge in [-0.1, -0.05) is 359 Å². The van der Waals surface area contributed by atoms with Gasteiger partial charge in [0.15, 0.2) is 6.10 Å². The molecule has 0 amide bonds. The zero-order valence-electron chi connectivity index (χ0n) is 58.1. The van der Waals surface area contributed by atoms with Crippen molar-refractivity contribution in [1.29, 1.82) is 0 Å². The number of quaternary nitrogens is 1. The number of phosphoric ester groups is 1. The Balaban J connectivity index is 3.90. The molecule has 9 nitrogen and oxygen atoms in total. The lowest BCUT2D eigenvalue weighted by Gasteiger charge is -2.24. The molecule has 0 aromatic heterocycles. The maximum absolute atomic E-state index is 12.9. The fraction of sp³-hybridized carbons (Fsp3) is 0.895. The predicted molar refractivity (Wildman–Crippen MR) is 372 cm³/mol. The topological polar surface area (TPSA) is 108 Å². The molecule has 0 saturated heterocycles. The zero-order valence-corrected chi connectivity index (χ0v) is 59.0. The minimum atomic E-state index is -4.39. The summed E-state index contributed by atoms with van der Waals surface area (Å²) < 4.78 is 34.7. The van der Waals surface area contributed by atoms with Crippen molar-refractivity contribution in [3.05, 3.63) is 36.5 Å². The molecule has 0 rings (SSSR count). The summed E-state index contributed by atoms with van der Waals surface area (Å²) in [5.74, 6) is -0.787. The molecule has 0 aromatic rings. The SMILES string of the molecule is CCCCCCC/C=C\C/C=C\C/C=C\CCCCCCCCCCC(=O)OC(COC(=O)CCCCCCCCCCCCCCCCCCCCCCCCCCCCCCCCCCCCCCCCC)COP(=O)(O)OCC[N+](C)(C)C. The van der Waals surface area contributed by atoms with Crippen LogP contribution in [0.25, 0.3) is 0 Å². The second kappa shape index (κ2) is 67.6. The van der Waals surface area contributed by atoms with Crippen LogP contribution in [0.3, 0.4) is 0 Å². The van der Waals surface area contributed by atoms with E-state index in [-0.39, 0.29) is 25.6 Å². The number of rotatable bonds is 71. The van der Waals surface area contributed by atoms with Crippen molar-refractivity contribution in [2.45, 2.75) is 392 Å². The third kappa shape index (κ3) is 71.3. The Bertz CT molecular complexity index is 1540. The van der Waals surface area contributed by atoms with Gasteiger partial charge in [-0.05, 0) is 51.4 Å². The maximum atomic E-state index is 12.9. The summed E-state index contributed by atoms with van der Waals surface area (Å²) in [6, 6.07) is 0. The number of hydrogen-bond donors (Lipinski definition) is 1. The van der Waals surface area contributed by atoms with E-state index in [0.717, 1.165) is 57.8 Å². The van der Waals surface area contributed by atoms with E-state index in [1.807, 2.05) is 21.1 Å². The molecule has 0 aliphatic heterocycles. The molecule has 86 heavy (non-hydrogen) atoms. The van der Waals surface area contributed by atoms with Gasteiger partial charge in [0.2, 0.25) is 0 Å². The van der Waals surface area contributed by atoms with E-state index in [0.29, 0.717) is 23.9 Å². The van der Waals surface area contributed by atoms with E-state index in [9.17, 15) is 19.0 Å². The molecule has 2 unspecified atom stereocenters. The van der Waals surface area contributed by atoms with Crippen LogP contribution < -0.4 is 0 Å². The number of esters is 2. The second-order valence-electron chi connectivity index (χ2n) is 27.0. The standard InChI is InChI=1S/C76H146NO8P/c1-6-8-10-12-14-16-18-20-22-24-26-28-30-31-32-33-34-35-36-37-38-39-40-41-42-43-44-45-47-48-50-52-54-56-58-60-62-64-66-68-75(78)82-72-74(73-84-86(80,81)83-71-70-77(3,4)5)85-76(79)69-67-65-63-61-59-57-55-53-51-49-46-29-27-25-23-21-19-17-15-13-11-9-7-2/h19,21,25,27,46,49,74H,6-18,20,22-24,26,28-45,47-48,50-73H2,1-5H3/p+1/b21-19-,27-25-,49-46-. The summed E-state index contributed by atoms with van der Waals surface area (Å²) in [5, 5.41) is 0. The van der Waals surface area contributed by atoms with Crippen LogP contribution in [-0.2, 0) is 32.7 Å². The van der Waals surface area contributed by atoms with Gasteiger partial charge in [-0.2, -0.15) is 0 Å². The molecule has 0 spiro atoms. The molecule has 2 atom stereocenters. The van der Waals surface area contributed by atoms with Crippen molar-refractivity contribution >= 4 is 19.8 Å². The van der Waals surface area contributed by atoms with Gasteiger partial charge in [-0.15, -0.1) is 0 Å². The van der Waals surface area contributed by atoms with Crippen molar-refractivity contribution in [2.75, 3.05) is 47.5 Å². The van der Waals surface area contributed by atoms with Crippen molar-refractivity contribution in [3.8, 4) is 0 Å². The highest BCUT2D eigenvalue weighted by Gasteiger charge is 2.27. The van der Waals surface area contributed by atoms with E-state index in [1.54, 1.807) is 0 Å². The Hall–Kier alpha value is -1.77. The summed E-state index contributed by atoms with van der Waals surface area (Å²) in [5.41, 5.74) is 0. The normalized spacial score (nSPS) is 13.2. The lowest BCUT2D eigenvalue weighted by Crippen LogP contribution is -2.37. The zero-order chi connectivity index (χ0) is 62.6. The fourth-order valence-electron chi connectivity index (χ4n) is 11.4. The highest BCUT2D eigenvalue weighted by molar-refractivity contribution is 7.47. The van der Waals surface area contributed by atoms with Crippen molar-refractivity contribution in [3.63, 3.8) is 0 Å². The van der Waals surface area contributed by atoms with Gasteiger partial charge < -0.3 is 18.9 Å². The molecule has 0 bridgehead atoms. The molecular weight excluding hydrogens is 1090 g/mol. The first kappa shape index (κ1) is 84.2. The largest absolute Gasteiger partial charge is 0.472 e. The van der Waals surface area contributed by atoms with Crippen LogP contribution in [0.15, 0.2) is 36.5 Å².